The first kappa shape index (κ1) is 12.7. The molecule has 0 heterocycles. The molecular formula is C9H21NO2Si. The zero-order valence-electron chi connectivity index (χ0n) is 9.31. The Balaban J connectivity index is 3.80. The van der Waals surface area contributed by atoms with Crippen molar-refractivity contribution in [2.75, 3.05) is 6.61 Å². The van der Waals surface area contributed by atoms with Crippen LogP contribution in [0.3, 0.4) is 0 Å². The van der Waals surface area contributed by atoms with Crippen molar-refractivity contribution in [2.24, 2.45) is 0 Å². The van der Waals surface area contributed by atoms with Crippen LogP contribution in [0.5, 0.6) is 0 Å². The summed E-state index contributed by atoms with van der Waals surface area (Å²) in [7, 11) is -1.95. The van der Waals surface area contributed by atoms with Crippen LogP contribution in [0.1, 0.15) is 27.2 Å². The zero-order chi connectivity index (χ0) is 10.3. The molecule has 0 unspecified atom stereocenters. The molecular weight excluding hydrogens is 182 g/mol. The Morgan fingerprint density at radius 3 is 2.46 bits per heavy atom. The van der Waals surface area contributed by atoms with Gasteiger partial charge in [-0.25, -0.2) is 0 Å². The van der Waals surface area contributed by atoms with E-state index in [4.69, 9.17) is 8.95 Å². The van der Waals surface area contributed by atoms with E-state index in [9.17, 15) is 0 Å². The predicted octanol–water partition coefficient (Wildman–Crippen LogP) is 2.56. The molecule has 0 atom stereocenters. The molecule has 78 valence electrons. The van der Waals surface area contributed by atoms with Crippen molar-refractivity contribution in [1.29, 1.82) is 0 Å². The quantitative estimate of drug-likeness (QED) is 0.531. The molecule has 0 amide bonds. The third-order valence-electron chi connectivity index (χ3n) is 1.46. The van der Waals surface area contributed by atoms with E-state index in [1.54, 1.807) is 0 Å². The maximum absolute atomic E-state index is 5.48. The van der Waals surface area contributed by atoms with Gasteiger partial charge in [0.1, 0.15) is 0 Å². The second kappa shape index (κ2) is 6.18. The minimum atomic E-state index is -1.95. The van der Waals surface area contributed by atoms with Crippen molar-refractivity contribution in [3.63, 3.8) is 0 Å². The molecule has 0 radical (unpaired) electrons. The van der Waals surface area contributed by atoms with Crippen LogP contribution in [-0.2, 0) is 8.95 Å². The Morgan fingerprint density at radius 2 is 2.00 bits per heavy atom. The van der Waals surface area contributed by atoms with Gasteiger partial charge in [0.05, 0.1) is 0 Å². The van der Waals surface area contributed by atoms with Crippen LogP contribution in [0.2, 0.25) is 13.1 Å². The fourth-order valence-corrected chi connectivity index (χ4v) is 2.09. The van der Waals surface area contributed by atoms with Gasteiger partial charge in [0.2, 0.25) is 0 Å². The molecule has 0 bridgehead atoms. The molecule has 0 saturated heterocycles. The summed E-state index contributed by atoms with van der Waals surface area (Å²) in [5.74, 6) is 0. The monoisotopic (exact) mass is 203 g/mol. The van der Waals surface area contributed by atoms with Crippen LogP contribution in [0.25, 0.3) is 0 Å². The summed E-state index contributed by atoms with van der Waals surface area (Å²) in [5.41, 5.74) is 3.95. The molecule has 0 aromatic rings. The standard InChI is InChI=1S/C9H21NO2Si/c1-6-8-9(3)10-12-13(4,5)11-7-2/h8,10H,6-7H2,1-5H3. The summed E-state index contributed by atoms with van der Waals surface area (Å²) in [6.07, 6.45) is 3.09. The van der Waals surface area contributed by atoms with Crippen molar-refractivity contribution in [2.45, 2.75) is 40.3 Å². The lowest BCUT2D eigenvalue weighted by Gasteiger charge is -2.22. The van der Waals surface area contributed by atoms with E-state index < -0.39 is 8.56 Å². The van der Waals surface area contributed by atoms with E-state index in [2.05, 4.69) is 18.5 Å². The van der Waals surface area contributed by atoms with Gasteiger partial charge in [-0.2, -0.15) is 0 Å². The summed E-state index contributed by atoms with van der Waals surface area (Å²) in [4.78, 5) is 0. The highest BCUT2D eigenvalue weighted by molar-refractivity contribution is 6.64. The highest BCUT2D eigenvalue weighted by atomic mass is 28.4. The average Bonchev–Trinajstić information content (AvgIpc) is 2.02. The van der Waals surface area contributed by atoms with Gasteiger partial charge in [0.25, 0.3) is 0 Å². The van der Waals surface area contributed by atoms with Gasteiger partial charge in [-0.05, 0) is 33.4 Å². The fraction of sp³-hybridized carbons (Fsp3) is 0.778. The van der Waals surface area contributed by atoms with Crippen molar-refractivity contribution in [1.82, 2.24) is 5.48 Å². The molecule has 0 rings (SSSR count). The minimum absolute atomic E-state index is 0.706. The van der Waals surface area contributed by atoms with Gasteiger partial charge >= 0.3 is 8.56 Å². The summed E-state index contributed by atoms with van der Waals surface area (Å²) in [5, 5.41) is 0. The maximum Gasteiger partial charge on any atom is 0.358 e. The van der Waals surface area contributed by atoms with Gasteiger partial charge in [-0.1, -0.05) is 13.0 Å². The second-order valence-corrected chi connectivity index (χ2v) is 6.62. The first-order valence-electron chi connectivity index (χ1n) is 4.76. The predicted molar refractivity (Wildman–Crippen MR) is 57.4 cm³/mol. The number of rotatable bonds is 6. The van der Waals surface area contributed by atoms with Crippen LogP contribution in [0.15, 0.2) is 11.8 Å². The molecule has 0 aliphatic carbocycles. The third-order valence-corrected chi connectivity index (χ3v) is 3.04. The summed E-state index contributed by atoms with van der Waals surface area (Å²) in [6.45, 7) is 10.8. The summed E-state index contributed by atoms with van der Waals surface area (Å²) < 4.78 is 11.0. The largest absolute Gasteiger partial charge is 0.394 e. The lowest BCUT2D eigenvalue weighted by atomic mass is 10.4. The SMILES string of the molecule is CCC=C(C)NO[Si](C)(C)OCC. The molecule has 0 aromatic carbocycles. The Hall–Kier alpha value is -0.323. The Morgan fingerprint density at radius 1 is 1.38 bits per heavy atom. The number of allylic oxidation sites excluding steroid dienone is 2. The Kier molecular flexibility index (Phi) is 6.03. The number of hydrogen-bond donors (Lipinski definition) is 1. The van der Waals surface area contributed by atoms with E-state index in [1.165, 1.54) is 0 Å². The smallest absolute Gasteiger partial charge is 0.358 e. The topological polar surface area (TPSA) is 30.5 Å². The number of hydroxylamine groups is 1. The van der Waals surface area contributed by atoms with Crippen molar-refractivity contribution >= 4 is 8.56 Å². The fourth-order valence-electron chi connectivity index (χ4n) is 0.928. The van der Waals surface area contributed by atoms with Gasteiger partial charge < -0.3 is 4.43 Å². The average molecular weight is 203 g/mol. The lowest BCUT2D eigenvalue weighted by molar-refractivity contribution is 0.136. The summed E-state index contributed by atoms with van der Waals surface area (Å²) in [6, 6.07) is 0. The molecule has 0 aliphatic rings. The molecule has 4 heteroatoms. The zero-order valence-corrected chi connectivity index (χ0v) is 10.3. The van der Waals surface area contributed by atoms with Crippen molar-refractivity contribution < 1.29 is 8.95 Å². The molecule has 0 saturated carbocycles. The van der Waals surface area contributed by atoms with Gasteiger partial charge in [0.15, 0.2) is 0 Å². The maximum atomic E-state index is 5.48. The Labute approximate surface area is 82.3 Å². The van der Waals surface area contributed by atoms with Gasteiger partial charge in [-0.15, -0.1) is 0 Å². The highest BCUT2D eigenvalue weighted by Crippen LogP contribution is 2.04. The molecule has 1 N–H and O–H groups in total. The van der Waals surface area contributed by atoms with Crippen LogP contribution in [0.4, 0.5) is 0 Å². The van der Waals surface area contributed by atoms with Gasteiger partial charge in [0, 0.05) is 12.3 Å². The molecule has 0 spiro atoms. The molecule has 0 aliphatic heterocycles. The van der Waals surface area contributed by atoms with Crippen LogP contribution in [-0.4, -0.2) is 15.2 Å². The normalized spacial score (nSPS) is 13.2. The van der Waals surface area contributed by atoms with E-state index in [1.807, 2.05) is 26.9 Å². The summed E-state index contributed by atoms with van der Waals surface area (Å²) >= 11 is 0. The van der Waals surface area contributed by atoms with E-state index in [-0.39, 0.29) is 0 Å². The minimum Gasteiger partial charge on any atom is -0.394 e. The Bertz CT molecular complexity index is 169. The van der Waals surface area contributed by atoms with Gasteiger partial charge in [-0.3, -0.25) is 10.0 Å². The molecule has 0 fully saturated rings. The van der Waals surface area contributed by atoms with Crippen molar-refractivity contribution in [3.8, 4) is 0 Å². The molecule has 0 aromatic heterocycles. The third kappa shape index (κ3) is 6.80. The first-order chi connectivity index (χ1) is 6.02. The van der Waals surface area contributed by atoms with Crippen LogP contribution >= 0.6 is 0 Å². The molecule has 3 nitrogen and oxygen atoms in total. The van der Waals surface area contributed by atoms with E-state index >= 15 is 0 Å². The van der Waals surface area contributed by atoms with Crippen LogP contribution in [0, 0.1) is 0 Å². The number of nitrogens with one attached hydrogen (secondary N) is 1. The van der Waals surface area contributed by atoms with E-state index in [0.29, 0.717) is 6.61 Å². The highest BCUT2D eigenvalue weighted by Gasteiger charge is 2.24. The molecule has 13 heavy (non-hydrogen) atoms. The lowest BCUT2D eigenvalue weighted by Crippen LogP contribution is -2.39. The van der Waals surface area contributed by atoms with E-state index in [0.717, 1.165) is 12.1 Å². The van der Waals surface area contributed by atoms with Crippen LogP contribution < -0.4 is 5.48 Å². The first-order valence-corrected chi connectivity index (χ1v) is 7.58. The second-order valence-electron chi connectivity index (χ2n) is 3.33. The number of hydrogen-bond acceptors (Lipinski definition) is 3. The van der Waals surface area contributed by atoms with Crippen molar-refractivity contribution in [3.05, 3.63) is 11.8 Å².